The summed E-state index contributed by atoms with van der Waals surface area (Å²) < 4.78 is 2.19. The minimum atomic E-state index is 0.543. The minimum Gasteiger partial charge on any atom is -0.351 e. The molecule has 2 atom stereocenters. The highest BCUT2D eigenvalue weighted by Crippen LogP contribution is 2.41. The smallest absolute Gasteiger partial charge is 0.167 e. The van der Waals surface area contributed by atoms with E-state index in [0.717, 1.165) is 47.1 Å². The molecule has 3 fully saturated rings. The number of nitrogens with one attached hydrogen (secondary N) is 1. The van der Waals surface area contributed by atoms with E-state index in [-0.39, 0.29) is 0 Å². The molecular formula is C25H24N6. The van der Waals surface area contributed by atoms with Crippen LogP contribution >= 0.6 is 0 Å². The molecule has 2 bridgehead atoms. The van der Waals surface area contributed by atoms with Crippen LogP contribution in [0.25, 0.3) is 28.2 Å². The van der Waals surface area contributed by atoms with Crippen LogP contribution in [0.15, 0.2) is 60.9 Å². The molecule has 31 heavy (non-hydrogen) atoms. The lowest BCUT2D eigenvalue weighted by Crippen LogP contribution is -2.44. The molecule has 2 aliphatic heterocycles. The number of hydrogen-bond acceptors (Lipinski definition) is 5. The molecule has 7 rings (SSSR count). The maximum Gasteiger partial charge on any atom is 0.167 e. The number of nitrogens with zero attached hydrogens (tertiary/aromatic N) is 5. The van der Waals surface area contributed by atoms with E-state index in [1.807, 2.05) is 24.5 Å². The molecule has 0 amide bonds. The van der Waals surface area contributed by atoms with Crippen LogP contribution in [-0.4, -0.2) is 44.7 Å². The van der Waals surface area contributed by atoms with E-state index in [2.05, 4.69) is 56.2 Å². The summed E-state index contributed by atoms with van der Waals surface area (Å²) in [5, 5.41) is 3.58. The molecule has 1 aliphatic carbocycles. The normalized spacial score (nSPS) is 22.5. The Bertz CT molecular complexity index is 1280. The Labute approximate surface area is 181 Å². The van der Waals surface area contributed by atoms with Crippen LogP contribution in [0.3, 0.4) is 0 Å². The Kier molecular flexibility index (Phi) is 3.72. The van der Waals surface area contributed by atoms with Gasteiger partial charge in [-0.15, -0.1) is 0 Å². The number of fused-ring (bicyclic) bond motifs is 3. The van der Waals surface area contributed by atoms with Crippen molar-refractivity contribution < 1.29 is 0 Å². The molecule has 1 saturated carbocycles. The number of rotatable bonds is 4. The number of pyridine rings is 2. The zero-order valence-electron chi connectivity index (χ0n) is 17.3. The third-order valence-corrected chi connectivity index (χ3v) is 6.96. The van der Waals surface area contributed by atoms with Crippen molar-refractivity contribution in [2.24, 2.45) is 0 Å². The zero-order valence-corrected chi connectivity index (χ0v) is 17.3. The maximum atomic E-state index is 5.15. The molecule has 0 radical (unpaired) electrons. The molecular weight excluding hydrogens is 384 g/mol. The Morgan fingerprint density at radius 2 is 1.87 bits per heavy atom. The quantitative estimate of drug-likeness (QED) is 0.555. The third kappa shape index (κ3) is 2.86. The molecule has 6 nitrogen and oxygen atoms in total. The van der Waals surface area contributed by atoms with E-state index in [1.165, 1.54) is 24.8 Å². The van der Waals surface area contributed by atoms with Crippen LogP contribution in [0.2, 0.25) is 0 Å². The zero-order chi connectivity index (χ0) is 20.4. The van der Waals surface area contributed by atoms with Gasteiger partial charge in [0.2, 0.25) is 0 Å². The number of imidazole rings is 1. The number of piperazine rings is 1. The number of anilines is 1. The molecule has 1 N–H and O–H groups in total. The topological polar surface area (TPSA) is 58.9 Å². The number of hydrogen-bond donors (Lipinski definition) is 1. The van der Waals surface area contributed by atoms with E-state index < -0.39 is 0 Å². The van der Waals surface area contributed by atoms with Crippen molar-refractivity contribution in [3.05, 3.63) is 66.5 Å². The second kappa shape index (κ2) is 6.62. The molecule has 1 aromatic carbocycles. The highest BCUT2D eigenvalue weighted by Gasteiger charge is 2.38. The Morgan fingerprint density at radius 3 is 2.65 bits per heavy atom. The average Bonchev–Trinajstić information content (AvgIpc) is 3.28. The molecule has 0 spiro atoms. The second-order valence-corrected chi connectivity index (χ2v) is 9.04. The third-order valence-electron chi connectivity index (χ3n) is 6.96. The van der Waals surface area contributed by atoms with Crippen molar-refractivity contribution in [1.82, 2.24) is 24.8 Å². The van der Waals surface area contributed by atoms with Gasteiger partial charge in [0.15, 0.2) is 5.65 Å². The van der Waals surface area contributed by atoms with Gasteiger partial charge in [-0.1, -0.05) is 18.2 Å². The first-order chi connectivity index (χ1) is 15.3. The van der Waals surface area contributed by atoms with Gasteiger partial charge >= 0.3 is 0 Å². The lowest BCUT2D eigenvalue weighted by molar-refractivity contribution is 0.577. The Balaban J connectivity index is 1.41. The van der Waals surface area contributed by atoms with Gasteiger partial charge in [0.25, 0.3) is 0 Å². The van der Waals surface area contributed by atoms with Gasteiger partial charge in [0.05, 0.1) is 5.69 Å². The molecule has 2 saturated heterocycles. The fourth-order valence-corrected chi connectivity index (χ4v) is 5.23. The highest BCUT2D eigenvalue weighted by atomic mass is 15.3. The van der Waals surface area contributed by atoms with E-state index >= 15 is 0 Å². The largest absolute Gasteiger partial charge is 0.351 e. The summed E-state index contributed by atoms with van der Waals surface area (Å²) in [6.45, 7) is 2.08. The van der Waals surface area contributed by atoms with Crippen LogP contribution in [-0.2, 0) is 0 Å². The van der Waals surface area contributed by atoms with Crippen molar-refractivity contribution in [1.29, 1.82) is 0 Å². The lowest BCUT2D eigenvalue weighted by Gasteiger charge is -2.28. The Morgan fingerprint density at radius 1 is 0.968 bits per heavy atom. The standard InChI is InChI=1S/C25H24N6/c1-2-17(16-4-5-16)12-18(3-1)24-28-22-6-7-23(30-15-19-13-21(30)14-27-19)29-25(22)31(24)20-8-10-26-11-9-20/h1-3,6-12,16,19,21,27H,4-5,13-15H2. The summed E-state index contributed by atoms with van der Waals surface area (Å²) in [6, 6.07) is 18.3. The van der Waals surface area contributed by atoms with Gasteiger partial charge in [0, 0.05) is 43.1 Å². The first-order valence-electron chi connectivity index (χ1n) is 11.2. The maximum absolute atomic E-state index is 5.15. The monoisotopic (exact) mass is 408 g/mol. The van der Waals surface area contributed by atoms with Crippen LogP contribution in [0.5, 0.6) is 0 Å². The summed E-state index contributed by atoms with van der Waals surface area (Å²) in [5.41, 5.74) is 5.44. The van der Waals surface area contributed by atoms with Crippen LogP contribution in [0.1, 0.15) is 30.7 Å². The fraction of sp³-hybridized carbons (Fsp3) is 0.320. The number of benzene rings is 1. The molecule has 154 valence electrons. The van der Waals surface area contributed by atoms with Crippen LogP contribution in [0, 0.1) is 0 Å². The second-order valence-electron chi connectivity index (χ2n) is 9.04. The highest BCUT2D eigenvalue weighted by molar-refractivity contribution is 5.81. The van der Waals surface area contributed by atoms with Gasteiger partial charge in [-0.2, -0.15) is 0 Å². The SMILES string of the molecule is c1cc(-c2nc3ccc(N4CC5CC4CN5)nc3n2-c2ccncc2)cc(C2CC2)c1. The first kappa shape index (κ1) is 17.4. The average molecular weight is 409 g/mol. The van der Waals surface area contributed by atoms with E-state index in [1.54, 1.807) is 0 Å². The van der Waals surface area contributed by atoms with Crippen molar-refractivity contribution in [2.75, 3.05) is 18.0 Å². The van der Waals surface area contributed by atoms with Gasteiger partial charge in [-0.3, -0.25) is 9.55 Å². The minimum absolute atomic E-state index is 0.543. The van der Waals surface area contributed by atoms with Crippen LogP contribution in [0.4, 0.5) is 5.82 Å². The summed E-state index contributed by atoms with van der Waals surface area (Å²) in [7, 11) is 0. The molecule has 6 heteroatoms. The molecule has 2 unspecified atom stereocenters. The summed E-state index contributed by atoms with van der Waals surface area (Å²) in [4.78, 5) is 16.9. The van der Waals surface area contributed by atoms with Crippen molar-refractivity contribution in [2.45, 2.75) is 37.3 Å². The van der Waals surface area contributed by atoms with Crippen molar-refractivity contribution in [3.8, 4) is 17.1 Å². The fourth-order valence-electron chi connectivity index (χ4n) is 5.23. The predicted octanol–water partition coefficient (Wildman–Crippen LogP) is 3.91. The number of aromatic nitrogens is 4. The first-order valence-corrected chi connectivity index (χ1v) is 11.2. The van der Waals surface area contributed by atoms with E-state index in [4.69, 9.17) is 9.97 Å². The molecule has 3 aromatic heterocycles. The summed E-state index contributed by atoms with van der Waals surface area (Å²) in [6.07, 6.45) is 7.47. The summed E-state index contributed by atoms with van der Waals surface area (Å²) >= 11 is 0. The lowest BCUT2D eigenvalue weighted by atomic mass is 10.1. The van der Waals surface area contributed by atoms with Crippen molar-refractivity contribution >= 4 is 17.0 Å². The predicted molar refractivity (Wildman–Crippen MR) is 122 cm³/mol. The summed E-state index contributed by atoms with van der Waals surface area (Å²) in [5.74, 6) is 2.70. The van der Waals surface area contributed by atoms with E-state index in [9.17, 15) is 0 Å². The molecule has 5 heterocycles. The van der Waals surface area contributed by atoms with Crippen LogP contribution < -0.4 is 10.2 Å². The van der Waals surface area contributed by atoms with E-state index in [0.29, 0.717) is 18.0 Å². The van der Waals surface area contributed by atoms with Gasteiger partial charge < -0.3 is 10.2 Å². The van der Waals surface area contributed by atoms with Gasteiger partial charge in [-0.25, -0.2) is 9.97 Å². The van der Waals surface area contributed by atoms with Gasteiger partial charge in [-0.05, 0) is 61.1 Å². The van der Waals surface area contributed by atoms with Crippen molar-refractivity contribution in [3.63, 3.8) is 0 Å². The molecule has 3 aliphatic rings. The molecule has 4 aromatic rings. The van der Waals surface area contributed by atoms with Gasteiger partial charge in [0.1, 0.15) is 17.2 Å². The Hall–Kier alpha value is -3.25.